The van der Waals surface area contributed by atoms with Crippen molar-refractivity contribution >= 4 is 66.9 Å². The lowest BCUT2D eigenvalue weighted by molar-refractivity contribution is -0.991. The molecule has 4 saturated heterocycles. The normalized spacial score (nSPS) is 23.2. The van der Waals surface area contributed by atoms with Crippen LogP contribution in [0.25, 0.3) is 16.6 Å². The van der Waals surface area contributed by atoms with Crippen molar-refractivity contribution in [3.05, 3.63) is 106 Å². The summed E-state index contributed by atoms with van der Waals surface area (Å²) < 4.78 is 76.9. The zero-order valence-corrected chi connectivity index (χ0v) is 44.5. The number of anilines is 3. The van der Waals surface area contributed by atoms with Gasteiger partial charge in [0.1, 0.15) is 23.6 Å². The van der Waals surface area contributed by atoms with Gasteiger partial charge in [-0.2, -0.15) is 10.2 Å². The van der Waals surface area contributed by atoms with Gasteiger partial charge in [-0.1, -0.05) is 37.6 Å². The molecule has 18 nitrogen and oxygen atoms in total. The van der Waals surface area contributed by atoms with Gasteiger partial charge in [-0.3, -0.25) is 14.6 Å². The largest absolute Gasteiger partial charge is 0.595 e. The minimum absolute atomic E-state index is 0.00678. The molecule has 0 spiro atoms. The van der Waals surface area contributed by atoms with E-state index in [0.717, 1.165) is 48.0 Å². The SMILES string of the molecule is CC1(C)CC(c2ccc(Cl)cc2)=C2CN3CCN(c4ccc(C(=O)NS(=O)(=O)c5ccc(OCC6(F)CCN(C7COC7)CC6)c([NH+]([O-])O)c5)c(N5CCCOc6nc7[nH]ccc7cc65)c4)CC3COCCCO[C@@H]2C1. The number of carbonyl (C=O) groups excluding carboxylic acids is 1. The van der Waals surface area contributed by atoms with Crippen LogP contribution in [0.4, 0.5) is 27.1 Å². The number of sulfonamides is 1. The van der Waals surface area contributed by atoms with Gasteiger partial charge >= 0.3 is 0 Å². The summed E-state index contributed by atoms with van der Waals surface area (Å²) in [6.07, 6.45) is 5.29. The molecule has 1 amide bonds. The lowest BCUT2D eigenvalue weighted by Gasteiger charge is -2.45. The Morgan fingerprint density at radius 2 is 1.74 bits per heavy atom. The highest BCUT2D eigenvalue weighted by atomic mass is 35.5. The number of quaternary nitrogens is 1. The second-order valence-corrected chi connectivity index (χ2v) is 23.9. The number of piperazine rings is 1. The van der Waals surface area contributed by atoms with E-state index in [0.29, 0.717) is 120 Å². The Labute approximate surface area is 447 Å². The van der Waals surface area contributed by atoms with E-state index in [4.69, 9.17) is 40.3 Å². The van der Waals surface area contributed by atoms with Gasteiger partial charge in [-0.25, -0.2) is 22.7 Å². The highest BCUT2D eigenvalue weighted by molar-refractivity contribution is 7.90. The fraction of sp³-hybridized carbons (Fsp3) is 0.491. The number of nitrogens with one attached hydrogen (secondary N) is 3. The van der Waals surface area contributed by atoms with E-state index in [2.05, 4.69) is 50.4 Å². The van der Waals surface area contributed by atoms with Gasteiger partial charge in [0.2, 0.25) is 11.6 Å². The van der Waals surface area contributed by atoms with Crippen LogP contribution in [0.15, 0.2) is 89.5 Å². The zero-order chi connectivity index (χ0) is 52.8. The molecule has 7 heterocycles. The highest BCUT2D eigenvalue weighted by Gasteiger charge is 2.41. The van der Waals surface area contributed by atoms with Crippen molar-refractivity contribution in [3.8, 4) is 11.6 Å². The number of hydrogen-bond acceptors (Lipinski definition) is 15. The van der Waals surface area contributed by atoms with Crippen LogP contribution >= 0.6 is 11.6 Å². The number of fused-ring (bicyclic) bond motifs is 4. The van der Waals surface area contributed by atoms with Gasteiger partial charge in [-0.15, -0.1) is 0 Å². The van der Waals surface area contributed by atoms with E-state index in [1.54, 1.807) is 12.3 Å². The number of benzene rings is 3. The molecule has 6 aliphatic rings. The van der Waals surface area contributed by atoms with Crippen LogP contribution in [0.3, 0.4) is 0 Å². The molecule has 0 bridgehead atoms. The zero-order valence-electron chi connectivity index (χ0n) is 42.9. The molecule has 3 aromatic carbocycles. The number of amides is 1. The Kier molecular flexibility index (Phi) is 15.1. The van der Waals surface area contributed by atoms with Crippen LogP contribution in [-0.4, -0.2) is 155 Å². The molecular formula is C55H66ClFN8O10S. The Bertz CT molecular complexity index is 3080. The minimum atomic E-state index is -4.69. The molecule has 4 fully saturated rings. The molecule has 5 aliphatic heterocycles. The summed E-state index contributed by atoms with van der Waals surface area (Å²) in [7, 11) is -4.69. The molecule has 0 saturated carbocycles. The van der Waals surface area contributed by atoms with Crippen LogP contribution in [0.5, 0.6) is 11.6 Å². The standard InChI is InChI=1S/C55H66ClFN8O10S/c1-54(2)28-44(36-5-7-38(56)8-6-36)45-31-63-21-20-62(30-40(63)32-71-22-4-24-73-50(45)29-54)39-9-11-43(46(26-39)64-17-3-23-74-53-48(64)25-37-13-16-58-51(37)59-53)52(66)60-76(69,70)42-10-12-49(47(27-42)65(67)68)75-35-55(57)14-18-61(19-15-55)41-33-72-34-41/h5-13,16,25-27,40-41,50,65,67H,3-4,14-15,17-24,28-35H2,1-2H3,(H,58,59)(H,60,66)/t40?,50-/m1/s1. The van der Waals surface area contributed by atoms with Crippen molar-refractivity contribution in [2.24, 2.45) is 5.41 Å². The van der Waals surface area contributed by atoms with E-state index in [9.17, 15) is 23.6 Å². The number of ether oxygens (including phenoxy) is 5. The highest BCUT2D eigenvalue weighted by Crippen LogP contribution is 2.46. The summed E-state index contributed by atoms with van der Waals surface area (Å²) in [5, 5.41) is 22.9. The predicted octanol–water partition coefficient (Wildman–Crippen LogP) is 6.81. The van der Waals surface area contributed by atoms with Gasteiger partial charge in [0.25, 0.3) is 15.9 Å². The molecule has 76 heavy (non-hydrogen) atoms. The Morgan fingerprint density at radius 3 is 2.51 bits per heavy atom. The number of pyridine rings is 1. The summed E-state index contributed by atoms with van der Waals surface area (Å²) in [5.74, 6) is -0.754. The Morgan fingerprint density at radius 1 is 0.934 bits per heavy atom. The molecule has 11 rings (SSSR count). The monoisotopic (exact) mass is 1080 g/mol. The molecule has 1 aliphatic carbocycles. The van der Waals surface area contributed by atoms with Crippen molar-refractivity contribution in [2.75, 3.05) is 102 Å². The van der Waals surface area contributed by atoms with E-state index < -0.39 is 44.0 Å². The number of rotatable bonds is 11. The number of aromatic amines is 1. The summed E-state index contributed by atoms with van der Waals surface area (Å²) in [4.78, 5) is 31.1. The van der Waals surface area contributed by atoms with E-state index in [-0.39, 0.29) is 47.8 Å². The van der Waals surface area contributed by atoms with Crippen LogP contribution in [0, 0.1) is 10.6 Å². The van der Waals surface area contributed by atoms with Gasteiger partial charge in [-0.05, 0) is 115 Å². The number of aromatic nitrogens is 2. The van der Waals surface area contributed by atoms with Crippen LogP contribution in [0.2, 0.25) is 5.02 Å². The number of halogens is 2. The van der Waals surface area contributed by atoms with Gasteiger partial charge in [0.05, 0.1) is 60.8 Å². The van der Waals surface area contributed by atoms with E-state index in [1.165, 1.54) is 17.2 Å². The average molecular weight is 1090 g/mol. The fourth-order valence-corrected chi connectivity index (χ4v) is 12.6. The second-order valence-electron chi connectivity index (χ2n) is 21.8. The van der Waals surface area contributed by atoms with Gasteiger partial charge in [0.15, 0.2) is 5.75 Å². The van der Waals surface area contributed by atoms with Crippen LogP contribution < -0.4 is 29.2 Å². The maximum absolute atomic E-state index is 15.9. The molecule has 0 radical (unpaired) electrons. The Hall–Kier alpha value is -5.39. The van der Waals surface area contributed by atoms with Crippen LogP contribution in [0.1, 0.15) is 68.3 Å². The third kappa shape index (κ3) is 11.3. The van der Waals surface area contributed by atoms with Crippen molar-refractivity contribution in [2.45, 2.75) is 81.1 Å². The number of likely N-dealkylation sites (tertiary alicyclic amines) is 1. The van der Waals surface area contributed by atoms with Crippen molar-refractivity contribution in [1.29, 1.82) is 0 Å². The first-order valence-corrected chi connectivity index (χ1v) is 28.2. The summed E-state index contributed by atoms with van der Waals surface area (Å²) in [6.45, 7) is 11.6. The minimum Gasteiger partial charge on any atom is -0.595 e. The lowest BCUT2D eigenvalue weighted by Crippen LogP contribution is -2.99. The maximum atomic E-state index is 15.9. The summed E-state index contributed by atoms with van der Waals surface area (Å²) in [6, 6.07) is 20.9. The molecule has 3 atom stereocenters. The molecular weight excluding hydrogens is 1020 g/mol. The van der Waals surface area contributed by atoms with Crippen molar-refractivity contribution < 1.29 is 51.7 Å². The first-order valence-electron chi connectivity index (χ1n) is 26.4. The molecule has 21 heteroatoms. The van der Waals surface area contributed by atoms with E-state index >= 15 is 4.39 Å². The van der Waals surface area contributed by atoms with Crippen molar-refractivity contribution in [1.82, 2.24) is 24.5 Å². The van der Waals surface area contributed by atoms with Gasteiger partial charge in [0, 0.05) is 87.4 Å². The predicted molar refractivity (Wildman–Crippen MR) is 285 cm³/mol. The molecule has 2 unspecified atom stereocenters. The second kappa shape index (κ2) is 21.8. The summed E-state index contributed by atoms with van der Waals surface area (Å²) in [5.41, 5.74) is 4.14. The maximum Gasteiger partial charge on any atom is 0.267 e. The molecule has 2 aromatic heterocycles. The number of nitrogens with zero attached hydrogens (tertiary/aromatic N) is 5. The summed E-state index contributed by atoms with van der Waals surface area (Å²) >= 11 is 6.38. The van der Waals surface area contributed by atoms with Crippen LogP contribution in [-0.2, 0) is 24.2 Å². The molecule has 4 N–H and O–H groups in total. The fourth-order valence-electron chi connectivity index (χ4n) is 11.5. The Balaban J connectivity index is 0.881. The third-order valence-electron chi connectivity index (χ3n) is 15.9. The first kappa shape index (κ1) is 52.7. The first-order chi connectivity index (χ1) is 36.6. The number of hydrogen-bond donors (Lipinski definition) is 4. The number of piperidine rings is 1. The number of allylic oxidation sites excluding steroid dienone is 1. The quantitative estimate of drug-likeness (QED) is 0.101. The third-order valence-corrected chi connectivity index (χ3v) is 17.4. The topological polar surface area (TPSA) is 199 Å². The number of carbonyl (C=O) groups is 1. The van der Waals surface area contributed by atoms with E-state index in [1.807, 2.05) is 41.3 Å². The number of H-pyrrole nitrogens is 1. The number of alkyl halides is 1. The van der Waals surface area contributed by atoms with Gasteiger partial charge < -0.3 is 43.7 Å². The average Bonchev–Trinajstić information content (AvgIpc) is 3.73. The molecule has 5 aromatic rings. The lowest BCUT2D eigenvalue weighted by atomic mass is 9.71. The van der Waals surface area contributed by atoms with Crippen molar-refractivity contribution in [3.63, 3.8) is 0 Å². The molecule has 406 valence electrons. The smallest absolute Gasteiger partial charge is 0.267 e.